The van der Waals surface area contributed by atoms with Crippen LogP contribution in [0.15, 0.2) is 18.2 Å². The van der Waals surface area contributed by atoms with Crippen LogP contribution in [0.3, 0.4) is 0 Å². The third-order valence-electron chi connectivity index (χ3n) is 3.54. The van der Waals surface area contributed by atoms with Gasteiger partial charge >= 0.3 is 0 Å². The van der Waals surface area contributed by atoms with E-state index in [2.05, 4.69) is 10.6 Å². The molecule has 2 rings (SSSR count). The molecule has 1 fully saturated rings. The molecule has 1 aliphatic rings. The highest BCUT2D eigenvalue weighted by Gasteiger charge is 2.34. The first-order valence-corrected chi connectivity index (χ1v) is 6.92. The van der Waals surface area contributed by atoms with Crippen LogP contribution in [0.1, 0.15) is 23.2 Å². The molecule has 0 bridgehead atoms. The lowest BCUT2D eigenvalue weighted by Crippen LogP contribution is -2.53. The summed E-state index contributed by atoms with van der Waals surface area (Å²) in [4.78, 5) is 12.1. The molecule has 2 N–H and O–H groups in total. The topological polar surface area (TPSA) is 50.4 Å². The molecule has 0 spiro atoms. The highest BCUT2D eigenvalue weighted by molar-refractivity contribution is 6.34. The largest absolute Gasteiger partial charge is 0.383 e. The van der Waals surface area contributed by atoms with Crippen molar-refractivity contribution in [1.29, 1.82) is 0 Å². The monoisotopic (exact) mass is 300 g/mol. The summed E-state index contributed by atoms with van der Waals surface area (Å²) in [5.74, 6) is -0.969. The Hall–Kier alpha value is -1.17. The van der Waals surface area contributed by atoms with E-state index in [9.17, 15) is 9.18 Å². The predicted molar refractivity (Wildman–Crippen MR) is 75.6 cm³/mol. The molecule has 6 heteroatoms. The van der Waals surface area contributed by atoms with Crippen molar-refractivity contribution in [2.45, 2.75) is 18.4 Å². The first-order chi connectivity index (χ1) is 9.58. The highest BCUT2D eigenvalue weighted by atomic mass is 35.5. The van der Waals surface area contributed by atoms with E-state index in [4.69, 9.17) is 16.3 Å². The molecule has 1 unspecified atom stereocenters. The fourth-order valence-electron chi connectivity index (χ4n) is 2.49. The van der Waals surface area contributed by atoms with Crippen LogP contribution in [-0.4, -0.2) is 38.3 Å². The lowest BCUT2D eigenvalue weighted by molar-refractivity contribution is 0.0892. The number of hydrogen-bond donors (Lipinski definition) is 2. The number of nitrogens with one attached hydrogen (secondary N) is 2. The van der Waals surface area contributed by atoms with Gasteiger partial charge < -0.3 is 15.4 Å². The van der Waals surface area contributed by atoms with E-state index in [-0.39, 0.29) is 22.0 Å². The Morgan fingerprint density at radius 2 is 2.40 bits per heavy atom. The van der Waals surface area contributed by atoms with Gasteiger partial charge in [0.1, 0.15) is 5.82 Å². The molecular formula is C14H18ClFN2O2. The Balaban J connectivity index is 2.02. The Bertz CT molecular complexity index is 490. The molecule has 0 saturated carbocycles. The van der Waals surface area contributed by atoms with E-state index in [1.807, 2.05) is 0 Å². The molecule has 0 aromatic heterocycles. The van der Waals surface area contributed by atoms with E-state index in [1.165, 1.54) is 18.2 Å². The zero-order valence-corrected chi connectivity index (χ0v) is 12.1. The van der Waals surface area contributed by atoms with Gasteiger partial charge in [-0.15, -0.1) is 0 Å². The maximum Gasteiger partial charge on any atom is 0.252 e. The van der Waals surface area contributed by atoms with Gasteiger partial charge in [0.25, 0.3) is 5.91 Å². The van der Waals surface area contributed by atoms with Crippen molar-refractivity contribution in [3.05, 3.63) is 34.6 Å². The minimum Gasteiger partial charge on any atom is -0.383 e. The Kier molecular flexibility index (Phi) is 4.96. The molecule has 1 amide bonds. The van der Waals surface area contributed by atoms with Crippen LogP contribution >= 0.6 is 11.6 Å². The maximum absolute atomic E-state index is 13.3. The van der Waals surface area contributed by atoms with Crippen molar-refractivity contribution in [2.75, 3.05) is 26.8 Å². The summed E-state index contributed by atoms with van der Waals surface area (Å²) in [6.45, 7) is 1.84. The number of amides is 1. The molecule has 1 saturated heterocycles. The fraction of sp³-hybridized carbons (Fsp3) is 0.500. The first-order valence-electron chi connectivity index (χ1n) is 6.54. The first kappa shape index (κ1) is 15.2. The van der Waals surface area contributed by atoms with Gasteiger partial charge in [-0.1, -0.05) is 17.7 Å². The Morgan fingerprint density at radius 3 is 3.05 bits per heavy atom. The van der Waals surface area contributed by atoms with Gasteiger partial charge in [0.15, 0.2) is 0 Å². The molecular weight excluding hydrogens is 283 g/mol. The highest BCUT2D eigenvalue weighted by Crippen LogP contribution is 2.21. The summed E-state index contributed by atoms with van der Waals surface area (Å²) in [5, 5.41) is 6.01. The number of ether oxygens (including phenoxy) is 1. The van der Waals surface area contributed by atoms with Gasteiger partial charge in [-0.3, -0.25) is 4.79 Å². The van der Waals surface area contributed by atoms with Crippen LogP contribution in [0.2, 0.25) is 5.02 Å². The van der Waals surface area contributed by atoms with E-state index < -0.39 is 5.82 Å². The second-order valence-electron chi connectivity index (χ2n) is 5.03. The quantitative estimate of drug-likeness (QED) is 0.874. The average molecular weight is 301 g/mol. The number of carbonyl (C=O) groups is 1. The van der Waals surface area contributed by atoms with Crippen molar-refractivity contribution in [2.24, 2.45) is 0 Å². The van der Waals surface area contributed by atoms with E-state index >= 15 is 0 Å². The predicted octanol–water partition coefficient (Wildman–Crippen LogP) is 1.98. The average Bonchev–Trinajstić information content (AvgIpc) is 2.89. The van der Waals surface area contributed by atoms with Gasteiger partial charge in [0.05, 0.1) is 22.7 Å². The van der Waals surface area contributed by atoms with Crippen LogP contribution < -0.4 is 10.6 Å². The van der Waals surface area contributed by atoms with Crippen molar-refractivity contribution < 1.29 is 13.9 Å². The molecule has 20 heavy (non-hydrogen) atoms. The van der Waals surface area contributed by atoms with Crippen LogP contribution in [0.4, 0.5) is 4.39 Å². The van der Waals surface area contributed by atoms with Gasteiger partial charge in [0.2, 0.25) is 0 Å². The third-order valence-corrected chi connectivity index (χ3v) is 3.92. The summed E-state index contributed by atoms with van der Waals surface area (Å²) >= 11 is 5.80. The smallest absolute Gasteiger partial charge is 0.252 e. The number of halogens is 2. The summed E-state index contributed by atoms with van der Waals surface area (Å²) < 4.78 is 18.5. The van der Waals surface area contributed by atoms with Gasteiger partial charge in [-0.25, -0.2) is 4.39 Å². The number of hydrogen-bond acceptors (Lipinski definition) is 3. The molecule has 0 radical (unpaired) electrons. The van der Waals surface area contributed by atoms with E-state index in [0.717, 1.165) is 19.4 Å². The fourth-order valence-corrected chi connectivity index (χ4v) is 2.71. The lowest BCUT2D eigenvalue weighted by Gasteiger charge is -2.29. The number of rotatable bonds is 5. The Labute approximate surface area is 122 Å². The molecule has 1 atom stereocenters. The van der Waals surface area contributed by atoms with Crippen molar-refractivity contribution in [3.8, 4) is 0 Å². The molecule has 1 aromatic carbocycles. The molecule has 1 aliphatic heterocycles. The molecule has 4 nitrogen and oxygen atoms in total. The van der Waals surface area contributed by atoms with Crippen LogP contribution in [0.5, 0.6) is 0 Å². The number of methoxy groups -OCH3 is 1. The summed E-state index contributed by atoms with van der Waals surface area (Å²) in [7, 11) is 1.63. The normalized spacial score (nSPS) is 21.9. The standard InChI is InChI=1S/C14H18ClFN2O2/c1-20-9-14(6-3-7-18-14)8-17-13(19)10-4-2-5-11(16)12(10)15/h2,4-5,18H,3,6-9H2,1H3,(H,17,19). The maximum atomic E-state index is 13.3. The minimum absolute atomic E-state index is 0.148. The molecule has 0 aliphatic carbocycles. The zero-order valence-electron chi connectivity index (χ0n) is 11.3. The Morgan fingerprint density at radius 1 is 1.60 bits per heavy atom. The summed E-state index contributed by atoms with van der Waals surface area (Å²) in [5.41, 5.74) is -0.0956. The van der Waals surface area contributed by atoms with Gasteiger partial charge in [-0.05, 0) is 31.5 Å². The van der Waals surface area contributed by atoms with E-state index in [0.29, 0.717) is 13.2 Å². The molecule has 1 aromatic rings. The van der Waals surface area contributed by atoms with Crippen LogP contribution in [-0.2, 0) is 4.74 Å². The zero-order chi connectivity index (χ0) is 14.6. The van der Waals surface area contributed by atoms with Crippen LogP contribution in [0, 0.1) is 5.82 Å². The summed E-state index contributed by atoms with van der Waals surface area (Å²) in [6.07, 6.45) is 1.97. The van der Waals surface area contributed by atoms with Gasteiger partial charge in [0, 0.05) is 13.7 Å². The second-order valence-corrected chi connectivity index (χ2v) is 5.41. The molecule has 1 heterocycles. The summed E-state index contributed by atoms with van der Waals surface area (Å²) in [6, 6.07) is 4.20. The lowest BCUT2D eigenvalue weighted by atomic mass is 9.98. The number of carbonyl (C=O) groups excluding carboxylic acids is 1. The number of benzene rings is 1. The van der Waals surface area contributed by atoms with Crippen LogP contribution in [0.25, 0.3) is 0 Å². The second kappa shape index (κ2) is 6.52. The SMILES string of the molecule is COCC1(CNC(=O)c2cccc(F)c2Cl)CCCN1. The third kappa shape index (κ3) is 3.29. The van der Waals surface area contributed by atoms with Crippen molar-refractivity contribution in [1.82, 2.24) is 10.6 Å². The van der Waals surface area contributed by atoms with Gasteiger partial charge in [-0.2, -0.15) is 0 Å². The minimum atomic E-state index is -0.593. The molecule has 110 valence electrons. The van der Waals surface area contributed by atoms with Crippen molar-refractivity contribution in [3.63, 3.8) is 0 Å². The van der Waals surface area contributed by atoms with E-state index in [1.54, 1.807) is 7.11 Å². The van der Waals surface area contributed by atoms with Crippen molar-refractivity contribution >= 4 is 17.5 Å².